The van der Waals surface area contributed by atoms with E-state index >= 15 is 0 Å². The van der Waals surface area contributed by atoms with Crippen LogP contribution >= 0.6 is 11.6 Å². The number of halogens is 1. The Kier molecular flexibility index (Phi) is 4.20. The zero-order valence-electron chi connectivity index (χ0n) is 12.8. The molecule has 1 N–H and O–H groups in total. The number of hydrogen-bond donors (Lipinski definition) is 1. The van der Waals surface area contributed by atoms with Crippen LogP contribution in [0.2, 0.25) is 5.02 Å². The Balaban J connectivity index is 1.82. The van der Waals surface area contributed by atoms with Crippen molar-refractivity contribution in [3.63, 3.8) is 0 Å². The summed E-state index contributed by atoms with van der Waals surface area (Å²) < 4.78 is 1.88. The van der Waals surface area contributed by atoms with Crippen molar-refractivity contribution < 1.29 is 4.79 Å². The van der Waals surface area contributed by atoms with Gasteiger partial charge in [0.15, 0.2) is 5.65 Å². The van der Waals surface area contributed by atoms with Crippen LogP contribution in [-0.4, -0.2) is 39.6 Å². The normalized spacial score (nSPS) is 18.9. The van der Waals surface area contributed by atoms with Crippen LogP contribution in [0, 0.1) is 5.92 Å². The Labute approximate surface area is 134 Å². The standard InChI is InChI=1S/C15H20ClN5O/c1-10(2)17-14(22)11-5-3-7-20(9-11)15-19-18-13-12(16)6-4-8-21(13)15/h4,6,8,10-11H,3,5,7,9H2,1-2H3,(H,17,22). The minimum absolute atomic E-state index is 0.0114. The molecule has 0 spiro atoms. The van der Waals surface area contributed by atoms with E-state index in [1.807, 2.05) is 30.5 Å². The highest BCUT2D eigenvalue weighted by molar-refractivity contribution is 6.33. The van der Waals surface area contributed by atoms with Gasteiger partial charge in [0.1, 0.15) is 0 Å². The fourth-order valence-electron chi connectivity index (χ4n) is 2.86. The van der Waals surface area contributed by atoms with Crippen molar-refractivity contribution in [3.05, 3.63) is 23.4 Å². The lowest BCUT2D eigenvalue weighted by molar-refractivity contribution is -0.125. The summed E-state index contributed by atoms with van der Waals surface area (Å²) >= 11 is 6.14. The molecular weight excluding hydrogens is 302 g/mol. The summed E-state index contributed by atoms with van der Waals surface area (Å²) in [6, 6.07) is 3.83. The van der Waals surface area contributed by atoms with Gasteiger partial charge >= 0.3 is 0 Å². The first-order chi connectivity index (χ1) is 10.6. The molecule has 1 unspecified atom stereocenters. The molecule has 1 fully saturated rings. The van der Waals surface area contributed by atoms with E-state index in [1.54, 1.807) is 6.07 Å². The predicted octanol–water partition coefficient (Wildman–Crippen LogP) is 2.12. The number of piperidine rings is 1. The van der Waals surface area contributed by atoms with Gasteiger partial charge in [-0.05, 0) is 38.8 Å². The van der Waals surface area contributed by atoms with Gasteiger partial charge in [-0.15, -0.1) is 10.2 Å². The summed E-state index contributed by atoms with van der Waals surface area (Å²) in [5.74, 6) is 0.855. The van der Waals surface area contributed by atoms with Crippen LogP contribution < -0.4 is 10.2 Å². The number of hydrogen-bond acceptors (Lipinski definition) is 4. The summed E-state index contributed by atoms with van der Waals surface area (Å²) in [4.78, 5) is 14.4. The minimum Gasteiger partial charge on any atom is -0.354 e. The lowest BCUT2D eigenvalue weighted by Gasteiger charge is -2.32. The zero-order chi connectivity index (χ0) is 15.7. The number of pyridine rings is 1. The van der Waals surface area contributed by atoms with Crippen molar-refractivity contribution in [1.29, 1.82) is 0 Å². The van der Waals surface area contributed by atoms with Gasteiger partial charge in [0.05, 0.1) is 10.9 Å². The van der Waals surface area contributed by atoms with Gasteiger partial charge in [-0.25, -0.2) is 0 Å². The number of carbonyl (C=O) groups excluding carboxylic acids is 1. The molecule has 2 aromatic rings. The fourth-order valence-corrected chi connectivity index (χ4v) is 3.06. The van der Waals surface area contributed by atoms with E-state index in [4.69, 9.17) is 11.6 Å². The van der Waals surface area contributed by atoms with E-state index in [0.717, 1.165) is 25.3 Å². The summed E-state index contributed by atoms with van der Waals surface area (Å²) in [6.07, 6.45) is 3.77. The highest BCUT2D eigenvalue weighted by Crippen LogP contribution is 2.24. The number of nitrogens with zero attached hydrogens (tertiary/aromatic N) is 4. The van der Waals surface area contributed by atoms with Crippen LogP contribution in [0.25, 0.3) is 5.65 Å². The van der Waals surface area contributed by atoms with E-state index in [0.29, 0.717) is 17.2 Å². The third-order valence-electron chi connectivity index (χ3n) is 3.88. The average Bonchev–Trinajstić information content (AvgIpc) is 2.92. The maximum Gasteiger partial charge on any atom is 0.231 e. The molecular formula is C15H20ClN5O. The second-order valence-corrected chi connectivity index (χ2v) is 6.41. The van der Waals surface area contributed by atoms with Gasteiger partial charge < -0.3 is 10.2 Å². The summed E-state index contributed by atoms with van der Waals surface area (Å²) in [7, 11) is 0. The van der Waals surface area contributed by atoms with Crippen LogP contribution in [0.4, 0.5) is 5.95 Å². The molecule has 118 valence electrons. The minimum atomic E-state index is -0.0114. The van der Waals surface area contributed by atoms with E-state index in [9.17, 15) is 4.79 Å². The first-order valence-electron chi connectivity index (χ1n) is 7.61. The van der Waals surface area contributed by atoms with Crippen molar-refractivity contribution in [3.8, 4) is 0 Å². The quantitative estimate of drug-likeness (QED) is 0.940. The largest absolute Gasteiger partial charge is 0.354 e. The average molecular weight is 322 g/mol. The third-order valence-corrected chi connectivity index (χ3v) is 4.17. The molecule has 1 atom stereocenters. The lowest BCUT2D eigenvalue weighted by atomic mass is 9.97. The number of anilines is 1. The molecule has 1 aliphatic heterocycles. The molecule has 2 aromatic heterocycles. The van der Waals surface area contributed by atoms with Crippen molar-refractivity contribution in [2.45, 2.75) is 32.7 Å². The number of aromatic nitrogens is 3. The Bertz CT molecular complexity index is 684. The van der Waals surface area contributed by atoms with Gasteiger partial charge in [0, 0.05) is 25.3 Å². The van der Waals surface area contributed by atoms with Crippen LogP contribution in [0.5, 0.6) is 0 Å². The number of nitrogens with one attached hydrogen (secondary N) is 1. The molecule has 22 heavy (non-hydrogen) atoms. The van der Waals surface area contributed by atoms with Crippen molar-refractivity contribution in [2.24, 2.45) is 5.92 Å². The molecule has 7 heteroatoms. The summed E-state index contributed by atoms with van der Waals surface area (Å²) in [6.45, 7) is 5.49. The first kappa shape index (κ1) is 15.1. The smallest absolute Gasteiger partial charge is 0.231 e. The van der Waals surface area contributed by atoms with Gasteiger partial charge in [0.25, 0.3) is 0 Å². The van der Waals surface area contributed by atoms with Crippen molar-refractivity contribution in [2.75, 3.05) is 18.0 Å². The second kappa shape index (κ2) is 6.12. The van der Waals surface area contributed by atoms with Crippen LogP contribution in [0.1, 0.15) is 26.7 Å². The topological polar surface area (TPSA) is 62.5 Å². The fraction of sp³-hybridized carbons (Fsp3) is 0.533. The molecule has 1 amide bonds. The van der Waals surface area contributed by atoms with E-state index in [2.05, 4.69) is 20.4 Å². The maximum atomic E-state index is 12.2. The number of carbonyl (C=O) groups is 1. The second-order valence-electron chi connectivity index (χ2n) is 6.00. The molecule has 0 aromatic carbocycles. The molecule has 1 aliphatic rings. The van der Waals surface area contributed by atoms with Crippen LogP contribution in [-0.2, 0) is 4.79 Å². The third kappa shape index (κ3) is 2.88. The highest BCUT2D eigenvalue weighted by Gasteiger charge is 2.28. The molecule has 1 saturated heterocycles. The Morgan fingerprint density at radius 1 is 1.45 bits per heavy atom. The van der Waals surface area contributed by atoms with Crippen molar-refractivity contribution in [1.82, 2.24) is 19.9 Å². The molecule has 3 rings (SSSR count). The SMILES string of the molecule is CC(C)NC(=O)C1CCCN(c2nnc3c(Cl)cccn23)C1. The van der Waals surface area contributed by atoms with Crippen LogP contribution in [0.3, 0.4) is 0 Å². The van der Waals surface area contributed by atoms with Gasteiger partial charge in [-0.2, -0.15) is 0 Å². The first-order valence-corrected chi connectivity index (χ1v) is 7.98. The molecule has 0 aliphatic carbocycles. The van der Waals surface area contributed by atoms with Crippen molar-refractivity contribution >= 4 is 29.1 Å². The number of amides is 1. The zero-order valence-corrected chi connectivity index (χ0v) is 13.5. The molecule has 0 radical (unpaired) electrons. The monoisotopic (exact) mass is 321 g/mol. The van der Waals surface area contributed by atoms with E-state index in [-0.39, 0.29) is 17.9 Å². The van der Waals surface area contributed by atoms with Gasteiger partial charge in [0.2, 0.25) is 11.9 Å². The van der Waals surface area contributed by atoms with E-state index in [1.165, 1.54) is 0 Å². The Morgan fingerprint density at radius 2 is 2.27 bits per heavy atom. The Morgan fingerprint density at radius 3 is 3.05 bits per heavy atom. The molecule has 3 heterocycles. The number of rotatable bonds is 3. The number of fused-ring (bicyclic) bond motifs is 1. The highest BCUT2D eigenvalue weighted by atomic mass is 35.5. The van der Waals surface area contributed by atoms with Gasteiger partial charge in [-0.3, -0.25) is 9.20 Å². The lowest BCUT2D eigenvalue weighted by Crippen LogP contribution is -2.45. The van der Waals surface area contributed by atoms with Gasteiger partial charge in [-0.1, -0.05) is 11.6 Å². The predicted molar refractivity (Wildman–Crippen MR) is 86.2 cm³/mol. The van der Waals surface area contributed by atoms with E-state index < -0.39 is 0 Å². The molecule has 0 saturated carbocycles. The summed E-state index contributed by atoms with van der Waals surface area (Å²) in [5.41, 5.74) is 0.646. The maximum absolute atomic E-state index is 12.2. The molecule has 0 bridgehead atoms. The van der Waals surface area contributed by atoms with Crippen LogP contribution in [0.15, 0.2) is 18.3 Å². The summed E-state index contributed by atoms with van der Waals surface area (Å²) in [5, 5.41) is 12.0. The molecule has 6 nitrogen and oxygen atoms in total. The Hall–Kier alpha value is -1.82.